The van der Waals surface area contributed by atoms with Gasteiger partial charge in [-0.2, -0.15) is 0 Å². The van der Waals surface area contributed by atoms with Crippen LogP contribution in [0, 0.1) is 0 Å². The summed E-state index contributed by atoms with van der Waals surface area (Å²) in [6, 6.07) is 0. The first-order valence-corrected chi connectivity index (χ1v) is 34.3. The number of hydrogen-bond donors (Lipinski definition) is 0. The lowest BCUT2D eigenvalue weighted by atomic mass is 10.0. The Hall–Kier alpha value is -2.89. The van der Waals surface area contributed by atoms with Gasteiger partial charge in [-0.05, 0) is 83.5 Å². The van der Waals surface area contributed by atoms with Crippen LogP contribution in [0.3, 0.4) is 0 Å². The predicted octanol–water partition coefficient (Wildman–Crippen LogP) is 23.5. The first-order valence-electron chi connectivity index (χ1n) is 34.3. The van der Waals surface area contributed by atoms with Crippen molar-refractivity contribution in [2.45, 2.75) is 367 Å². The standard InChI is InChI=1S/C72H130O6/c1-4-7-10-13-16-19-22-25-27-29-31-33-35-37-38-40-42-44-47-50-53-56-59-62-65-71(74)77-68-69(67-76-70(73)64-61-58-55-52-49-46-24-21-18-15-12-9-6-3)78-72(75)66-63-60-57-54-51-48-45-43-41-39-36-34-32-30-28-26-23-20-17-14-11-8-5-2/h8,11,17,20-21,24,26,28,32,34,69H,4-7,9-10,12-16,18-19,22-23,25,27,29-31,33,35-68H2,1-3H3/b11-8-,20-17-,24-21-,28-26-,34-32-. The maximum absolute atomic E-state index is 12.9. The maximum atomic E-state index is 12.9. The minimum Gasteiger partial charge on any atom is -0.462 e. The third kappa shape index (κ3) is 63.9. The van der Waals surface area contributed by atoms with Gasteiger partial charge in [-0.3, -0.25) is 14.4 Å². The molecule has 6 heteroatoms. The zero-order chi connectivity index (χ0) is 56.4. The van der Waals surface area contributed by atoms with Crippen LogP contribution in [-0.4, -0.2) is 37.2 Å². The molecule has 0 bridgehead atoms. The Balaban J connectivity index is 4.27. The van der Waals surface area contributed by atoms with Crippen molar-refractivity contribution in [2.75, 3.05) is 13.2 Å². The molecule has 0 saturated heterocycles. The molecule has 0 fully saturated rings. The van der Waals surface area contributed by atoms with Crippen LogP contribution in [0.25, 0.3) is 0 Å². The lowest BCUT2D eigenvalue weighted by Crippen LogP contribution is -2.30. The Morgan fingerprint density at radius 3 is 0.808 bits per heavy atom. The van der Waals surface area contributed by atoms with Gasteiger partial charge >= 0.3 is 17.9 Å². The Bertz CT molecular complexity index is 1390. The third-order valence-electron chi connectivity index (χ3n) is 15.3. The number of unbranched alkanes of at least 4 members (excludes halogenated alkanes) is 42. The quantitative estimate of drug-likeness (QED) is 0.0261. The third-order valence-corrected chi connectivity index (χ3v) is 15.3. The van der Waals surface area contributed by atoms with Gasteiger partial charge in [0.15, 0.2) is 6.10 Å². The van der Waals surface area contributed by atoms with Gasteiger partial charge in [-0.25, -0.2) is 0 Å². The average molecular weight is 1090 g/mol. The molecule has 0 saturated carbocycles. The summed E-state index contributed by atoms with van der Waals surface area (Å²) in [5.74, 6) is -0.866. The number of esters is 3. The zero-order valence-electron chi connectivity index (χ0n) is 52.2. The molecule has 0 aliphatic carbocycles. The van der Waals surface area contributed by atoms with Crippen molar-refractivity contribution in [1.29, 1.82) is 0 Å². The van der Waals surface area contributed by atoms with E-state index in [1.54, 1.807) is 0 Å². The van der Waals surface area contributed by atoms with Gasteiger partial charge < -0.3 is 14.2 Å². The Morgan fingerprint density at radius 2 is 0.500 bits per heavy atom. The molecular formula is C72H130O6. The average Bonchev–Trinajstić information content (AvgIpc) is 3.44. The summed E-state index contributed by atoms with van der Waals surface area (Å²) in [5, 5.41) is 0. The summed E-state index contributed by atoms with van der Waals surface area (Å²) in [7, 11) is 0. The molecule has 1 unspecified atom stereocenters. The van der Waals surface area contributed by atoms with E-state index >= 15 is 0 Å². The fourth-order valence-electron chi connectivity index (χ4n) is 10.1. The Kier molecular flexibility index (Phi) is 64.2. The highest BCUT2D eigenvalue weighted by molar-refractivity contribution is 5.71. The van der Waals surface area contributed by atoms with Crippen molar-refractivity contribution in [3.05, 3.63) is 60.8 Å². The molecule has 0 aromatic carbocycles. The smallest absolute Gasteiger partial charge is 0.306 e. The molecule has 0 amide bonds. The van der Waals surface area contributed by atoms with Gasteiger partial charge in [0.25, 0.3) is 0 Å². The minimum atomic E-state index is -0.779. The molecule has 454 valence electrons. The molecule has 0 aliphatic heterocycles. The van der Waals surface area contributed by atoms with Crippen molar-refractivity contribution in [3.8, 4) is 0 Å². The van der Waals surface area contributed by atoms with E-state index in [-0.39, 0.29) is 31.1 Å². The van der Waals surface area contributed by atoms with Gasteiger partial charge in [0.1, 0.15) is 13.2 Å². The molecular weight excluding hydrogens is 961 g/mol. The van der Waals surface area contributed by atoms with Crippen LogP contribution in [0.2, 0.25) is 0 Å². The number of hydrogen-bond acceptors (Lipinski definition) is 6. The normalized spacial score (nSPS) is 12.4. The lowest BCUT2D eigenvalue weighted by Gasteiger charge is -2.18. The van der Waals surface area contributed by atoms with E-state index in [0.29, 0.717) is 19.3 Å². The number of ether oxygens (including phenoxy) is 3. The van der Waals surface area contributed by atoms with E-state index in [9.17, 15) is 14.4 Å². The van der Waals surface area contributed by atoms with Crippen LogP contribution in [0.4, 0.5) is 0 Å². The number of carbonyl (C=O) groups excluding carboxylic acids is 3. The molecule has 0 rings (SSSR count). The van der Waals surface area contributed by atoms with Gasteiger partial charge in [0, 0.05) is 19.3 Å². The summed E-state index contributed by atoms with van der Waals surface area (Å²) in [5.41, 5.74) is 0. The topological polar surface area (TPSA) is 78.9 Å². The van der Waals surface area contributed by atoms with Crippen LogP contribution in [0.5, 0.6) is 0 Å². The van der Waals surface area contributed by atoms with Crippen molar-refractivity contribution in [2.24, 2.45) is 0 Å². The van der Waals surface area contributed by atoms with Gasteiger partial charge in [-0.1, -0.05) is 319 Å². The van der Waals surface area contributed by atoms with Gasteiger partial charge in [-0.15, -0.1) is 0 Å². The number of carbonyl (C=O) groups is 3. The first-order chi connectivity index (χ1) is 38.5. The molecule has 0 heterocycles. The van der Waals surface area contributed by atoms with Crippen LogP contribution < -0.4 is 0 Å². The summed E-state index contributed by atoms with van der Waals surface area (Å²) in [4.78, 5) is 38.4. The molecule has 0 aliphatic rings. The fourth-order valence-corrected chi connectivity index (χ4v) is 10.1. The second-order valence-electron chi connectivity index (χ2n) is 23.1. The van der Waals surface area contributed by atoms with Crippen molar-refractivity contribution in [3.63, 3.8) is 0 Å². The van der Waals surface area contributed by atoms with Crippen molar-refractivity contribution in [1.82, 2.24) is 0 Å². The SMILES string of the molecule is CC/C=C\C/C=C\C/C=C\C/C=C\CCCCCCCCCCCCC(=O)OC(COC(=O)CCCCCCC/C=C\CCCCCC)COC(=O)CCCCCCCCCCCCCCCCCCCCCCCCCC. The van der Waals surface area contributed by atoms with E-state index in [0.717, 1.165) is 89.9 Å². The number of rotatable bonds is 63. The molecule has 0 aromatic rings. The van der Waals surface area contributed by atoms with Crippen LogP contribution in [0.1, 0.15) is 361 Å². The van der Waals surface area contributed by atoms with Crippen LogP contribution in [-0.2, 0) is 28.6 Å². The van der Waals surface area contributed by atoms with Gasteiger partial charge in [0.05, 0.1) is 0 Å². The second-order valence-corrected chi connectivity index (χ2v) is 23.1. The summed E-state index contributed by atoms with van der Waals surface area (Å²) in [6.45, 7) is 6.56. The summed E-state index contributed by atoms with van der Waals surface area (Å²) >= 11 is 0. The van der Waals surface area contributed by atoms with E-state index in [1.165, 1.54) is 231 Å². The predicted molar refractivity (Wildman–Crippen MR) is 339 cm³/mol. The van der Waals surface area contributed by atoms with Crippen molar-refractivity contribution < 1.29 is 28.6 Å². The first kappa shape index (κ1) is 75.1. The number of allylic oxidation sites excluding steroid dienone is 10. The van der Waals surface area contributed by atoms with E-state index in [2.05, 4.69) is 81.5 Å². The lowest BCUT2D eigenvalue weighted by molar-refractivity contribution is -0.167. The molecule has 78 heavy (non-hydrogen) atoms. The van der Waals surface area contributed by atoms with Crippen LogP contribution >= 0.6 is 0 Å². The minimum absolute atomic E-state index is 0.0745. The van der Waals surface area contributed by atoms with E-state index in [4.69, 9.17) is 14.2 Å². The molecule has 0 N–H and O–H groups in total. The highest BCUT2D eigenvalue weighted by Gasteiger charge is 2.19. The highest BCUT2D eigenvalue weighted by atomic mass is 16.6. The second kappa shape index (κ2) is 66.6. The molecule has 0 aromatic heterocycles. The fraction of sp³-hybridized carbons (Fsp3) is 0.819. The van der Waals surface area contributed by atoms with E-state index in [1.807, 2.05) is 0 Å². The Labute approximate surface area is 485 Å². The summed E-state index contributed by atoms with van der Waals surface area (Å²) in [6.07, 6.45) is 85.3. The molecule has 0 radical (unpaired) electrons. The molecule has 6 nitrogen and oxygen atoms in total. The van der Waals surface area contributed by atoms with Crippen LogP contribution in [0.15, 0.2) is 60.8 Å². The Morgan fingerprint density at radius 1 is 0.269 bits per heavy atom. The molecule has 0 spiro atoms. The highest BCUT2D eigenvalue weighted by Crippen LogP contribution is 2.18. The van der Waals surface area contributed by atoms with E-state index < -0.39 is 6.10 Å². The largest absolute Gasteiger partial charge is 0.462 e. The maximum Gasteiger partial charge on any atom is 0.306 e. The molecule has 1 atom stereocenters. The van der Waals surface area contributed by atoms with Gasteiger partial charge in [0.2, 0.25) is 0 Å². The summed E-state index contributed by atoms with van der Waals surface area (Å²) < 4.78 is 17.0. The van der Waals surface area contributed by atoms with Crippen molar-refractivity contribution >= 4 is 17.9 Å². The monoisotopic (exact) mass is 1090 g/mol. The zero-order valence-corrected chi connectivity index (χ0v) is 52.2.